The summed E-state index contributed by atoms with van der Waals surface area (Å²) in [5.41, 5.74) is 0.333. The Kier molecular flexibility index (Phi) is 3.32. The van der Waals surface area contributed by atoms with Crippen molar-refractivity contribution in [1.82, 2.24) is 5.06 Å². The van der Waals surface area contributed by atoms with E-state index in [2.05, 4.69) is 0 Å². The number of halogens is 2. The van der Waals surface area contributed by atoms with Gasteiger partial charge < -0.3 is 10.4 Å². The van der Waals surface area contributed by atoms with E-state index in [0.29, 0.717) is 21.3 Å². The molecule has 1 aromatic rings. The summed E-state index contributed by atoms with van der Waals surface area (Å²) in [6.45, 7) is 5.24. The number of benzene rings is 1. The molecule has 6 heteroatoms. The first-order chi connectivity index (χ1) is 8.26. The molecule has 1 aliphatic heterocycles. The molecule has 1 heterocycles. The van der Waals surface area contributed by atoms with E-state index in [1.807, 2.05) is 0 Å². The molecule has 0 unspecified atom stereocenters. The van der Waals surface area contributed by atoms with Crippen molar-refractivity contribution in [3.8, 4) is 0 Å². The lowest BCUT2D eigenvalue weighted by Gasteiger charge is -2.25. The van der Waals surface area contributed by atoms with E-state index in [9.17, 15) is 10.4 Å². The summed E-state index contributed by atoms with van der Waals surface area (Å²) in [5, 5.41) is 24.2. The van der Waals surface area contributed by atoms with Crippen molar-refractivity contribution in [2.24, 2.45) is 0 Å². The first-order valence-electron chi connectivity index (χ1n) is 5.50. The fourth-order valence-electron chi connectivity index (χ4n) is 1.99. The average Bonchev–Trinajstić information content (AvgIpc) is 2.43. The summed E-state index contributed by atoms with van der Waals surface area (Å²) < 4.78 is 0.773. The van der Waals surface area contributed by atoms with Crippen molar-refractivity contribution >= 4 is 28.9 Å². The molecule has 0 bridgehead atoms. The molecule has 0 spiro atoms. The number of nitrogens with zero attached hydrogens (tertiary/aromatic N) is 2. The van der Waals surface area contributed by atoms with Crippen LogP contribution in [0, 0.1) is 5.21 Å². The molecule has 0 saturated carbocycles. The molecular weight excluding hydrogens is 275 g/mol. The third kappa shape index (κ3) is 1.89. The molecule has 1 N–H and O–H groups in total. The highest BCUT2D eigenvalue weighted by molar-refractivity contribution is 6.35. The van der Waals surface area contributed by atoms with Gasteiger partial charge in [-0.1, -0.05) is 23.2 Å². The van der Waals surface area contributed by atoms with Crippen LogP contribution in [-0.2, 0) is 0 Å². The molecule has 0 saturated heterocycles. The highest BCUT2D eigenvalue weighted by Crippen LogP contribution is 2.37. The molecular formula is C12H14Cl2N2O2. The second kappa shape index (κ2) is 4.38. The zero-order valence-electron chi connectivity index (χ0n) is 10.3. The highest BCUT2D eigenvalue weighted by atomic mass is 35.5. The van der Waals surface area contributed by atoms with E-state index >= 15 is 0 Å². The fraction of sp³-hybridized carbons (Fsp3) is 0.417. The van der Waals surface area contributed by atoms with E-state index in [0.717, 1.165) is 9.80 Å². The molecule has 0 amide bonds. The van der Waals surface area contributed by atoms with E-state index in [4.69, 9.17) is 23.2 Å². The Balaban J connectivity index is 2.53. The number of rotatable bonds is 1. The number of hydroxylamine groups is 3. The van der Waals surface area contributed by atoms with Crippen LogP contribution >= 0.6 is 23.2 Å². The van der Waals surface area contributed by atoms with E-state index in [-0.39, 0.29) is 0 Å². The largest absolute Gasteiger partial charge is 0.622 e. The SMILES string of the molecule is CC1=[N+]([O-])[C@H](c2ccc(Cl)cc2Cl)N(O)C1(C)C. The Bertz CT molecular complexity index is 529. The Labute approximate surface area is 116 Å². The zero-order chi connectivity index (χ0) is 13.7. The van der Waals surface area contributed by atoms with Gasteiger partial charge in [0.15, 0.2) is 5.71 Å². The molecule has 0 fully saturated rings. The van der Waals surface area contributed by atoms with Crippen LogP contribution < -0.4 is 0 Å². The number of hydrogen-bond acceptors (Lipinski definition) is 3. The summed E-state index contributed by atoms with van der Waals surface area (Å²) in [6, 6.07) is 4.85. The lowest BCUT2D eigenvalue weighted by atomic mass is 10.0. The van der Waals surface area contributed by atoms with Gasteiger partial charge in [0.1, 0.15) is 5.54 Å². The van der Waals surface area contributed by atoms with Crippen LogP contribution in [0.5, 0.6) is 0 Å². The summed E-state index contributed by atoms with van der Waals surface area (Å²) in [7, 11) is 0. The Morgan fingerprint density at radius 3 is 2.44 bits per heavy atom. The molecule has 0 aromatic heterocycles. The third-order valence-electron chi connectivity index (χ3n) is 3.48. The van der Waals surface area contributed by atoms with Crippen LogP contribution in [0.2, 0.25) is 10.0 Å². The van der Waals surface area contributed by atoms with Gasteiger partial charge >= 0.3 is 0 Å². The quantitative estimate of drug-likeness (QED) is 0.636. The van der Waals surface area contributed by atoms with Crippen molar-refractivity contribution in [3.05, 3.63) is 39.0 Å². The van der Waals surface area contributed by atoms with E-state index < -0.39 is 11.7 Å². The highest BCUT2D eigenvalue weighted by Gasteiger charge is 2.50. The van der Waals surface area contributed by atoms with E-state index in [1.165, 1.54) is 0 Å². The first kappa shape index (κ1) is 13.6. The van der Waals surface area contributed by atoms with Gasteiger partial charge in [0.25, 0.3) is 6.17 Å². The van der Waals surface area contributed by atoms with Gasteiger partial charge in [-0.3, -0.25) is 0 Å². The standard InChI is InChI=1S/C12H14Cl2N2O2/c1-7-12(2,3)16(18)11(15(7)17)9-5-4-8(13)6-10(9)14/h4-6,11,18H,1-3H3/t11-/m0/s1. The van der Waals surface area contributed by atoms with Gasteiger partial charge in [0.2, 0.25) is 0 Å². The van der Waals surface area contributed by atoms with Crippen LogP contribution in [0.4, 0.5) is 0 Å². The topological polar surface area (TPSA) is 49.5 Å². The van der Waals surface area contributed by atoms with Crippen LogP contribution in [-0.4, -0.2) is 26.3 Å². The molecule has 98 valence electrons. The monoisotopic (exact) mass is 288 g/mol. The molecule has 2 rings (SSSR count). The maximum absolute atomic E-state index is 12.2. The molecule has 1 aliphatic rings. The maximum atomic E-state index is 12.2. The molecule has 18 heavy (non-hydrogen) atoms. The predicted octanol–water partition coefficient (Wildman–Crippen LogP) is 3.45. The van der Waals surface area contributed by atoms with Crippen LogP contribution in [0.25, 0.3) is 0 Å². The van der Waals surface area contributed by atoms with Crippen molar-refractivity contribution < 1.29 is 9.95 Å². The summed E-state index contributed by atoms with van der Waals surface area (Å²) in [6.07, 6.45) is -0.843. The lowest BCUT2D eigenvalue weighted by molar-refractivity contribution is -0.545. The smallest absolute Gasteiger partial charge is 0.269 e. The van der Waals surface area contributed by atoms with E-state index in [1.54, 1.807) is 39.0 Å². The second-order valence-electron chi connectivity index (χ2n) is 4.85. The van der Waals surface area contributed by atoms with Gasteiger partial charge in [0, 0.05) is 11.9 Å². The van der Waals surface area contributed by atoms with Crippen molar-refractivity contribution in [3.63, 3.8) is 0 Å². The molecule has 1 aromatic carbocycles. The van der Waals surface area contributed by atoms with Gasteiger partial charge in [-0.05, 0) is 32.0 Å². The maximum Gasteiger partial charge on any atom is 0.269 e. The van der Waals surface area contributed by atoms with Crippen molar-refractivity contribution in [2.75, 3.05) is 0 Å². The Morgan fingerprint density at radius 1 is 1.39 bits per heavy atom. The van der Waals surface area contributed by atoms with Crippen LogP contribution in [0.1, 0.15) is 32.5 Å². The molecule has 1 atom stereocenters. The molecule has 0 radical (unpaired) electrons. The minimum absolute atomic E-state index is 0.359. The zero-order valence-corrected chi connectivity index (χ0v) is 11.8. The first-order valence-corrected chi connectivity index (χ1v) is 6.26. The fourth-order valence-corrected chi connectivity index (χ4v) is 2.50. The minimum atomic E-state index is -0.843. The van der Waals surface area contributed by atoms with Crippen LogP contribution in [0.3, 0.4) is 0 Å². The lowest BCUT2D eigenvalue weighted by Crippen LogP contribution is -2.42. The summed E-state index contributed by atoms with van der Waals surface area (Å²) in [5.74, 6) is 0. The average molecular weight is 289 g/mol. The second-order valence-corrected chi connectivity index (χ2v) is 5.70. The third-order valence-corrected chi connectivity index (χ3v) is 4.05. The van der Waals surface area contributed by atoms with Gasteiger partial charge in [-0.25, -0.2) is 0 Å². The minimum Gasteiger partial charge on any atom is -0.622 e. The van der Waals surface area contributed by atoms with Crippen molar-refractivity contribution in [1.29, 1.82) is 0 Å². The summed E-state index contributed by atoms with van der Waals surface area (Å²) in [4.78, 5) is 0. The van der Waals surface area contributed by atoms with Crippen molar-refractivity contribution in [2.45, 2.75) is 32.5 Å². The summed E-state index contributed by atoms with van der Waals surface area (Å²) >= 11 is 11.9. The number of hydrogen-bond donors (Lipinski definition) is 1. The predicted molar refractivity (Wildman–Crippen MR) is 71.2 cm³/mol. The van der Waals surface area contributed by atoms with Gasteiger partial charge in [-0.2, -0.15) is 4.74 Å². The Morgan fingerprint density at radius 2 is 2.00 bits per heavy atom. The molecule has 0 aliphatic carbocycles. The molecule has 4 nitrogen and oxygen atoms in total. The van der Waals surface area contributed by atoms with Gasteiger partial charge in [0.05, 0.1) is 10.6 Å². The Hall–Kier alpha value is -0.810. The van der Waals surface area contributed by atoms with Gasteiger partial charge in [-0.15, -0.1) is 5.06 Å². The normalized spacial score (nSPS) is 23.8. The van der Waals surface area contributed by atoms with Crippen LogP contribution in [0.15, 0.2) is 18.2 Å².